The highest BCUT2D eigenvalue weighted by Gasteiger charge is 2.10. The second-order valence-electron chi connectivity index (χ2n) is 4.39. The first-order chi connectivity index (χ1) is 9.13. The van der Waals surface area contributed by atoms with Crippen LogP contribution in [-0.4, -0.2) is 31.8 Å². The minimum absolute atomic E-state index is 0.0882. The highest BCUT2D eigenvalue weighted by atomic mass is 16.2. The molecule has 0 aromatic carbocycles. The van der Waals surface area contributed by atoms with Crippen molar-refractivity contribution in [2.24, 2.45) is 0 Å². The Kier molecular flexibility index (Phi) is 3.99. The molecule has 0 aliphatic rings. The van der Waals surface area contributed by atoms with Gasteiger partial charge in [-0.15, -0.1) is 0 Å². The lowest BCUT2D eigenvalue weighted by Crippen LogP contribution is -2.29. The summed E-state index contributed by atoms with van der Waals surface area (Å²) in [6.07, 6.45) is 3.48. The Bertz CT molecular complexity index is 550. The minimum atomic E-state index is -0.0882. The van der Waals surface area contributed by atoms with E-state index in [1.54, 1.807) is 16.9 Å². The monoisotopic (exact) mass is 261 g/mol. The van der Waals surface area contributed by atoms with Crippen molar-refractivity contribution in [3.63, 3.8) is 0 Å². The molecular weight excluding hydrogens is 242 g/mol. The summed E-state index contributed by atoms with van der Waals surface area (Å²) in [5.74, 6) is 0.875. The van der Waals surface area contributed by atoms with Gasteiger partial charge in [0.15, 0.2) is 0 Å². The van der Waals surface area contributed by atoms with Gasteiger partial charge in [-0.25, -0.2) is 4.98 Å². The lowest BCUT2D eigenvalue weighted by Gasteiger charge is -2.09. The van der Waals surface area contributed by atoms with E-state index in [-0.39, 0.29) is 5.91 Å². The lowest BCUT2D eigenvalue weighted by molar-refractivity contribution is 0.0941. The van der Waals surface area contributed by atoms with Gasteiger partial charge in [0.05, 0.1) is 0 Å². The second kappa shape index (κ2) is 5.69. The first-order valence-corrected chi connectivity index (χ1v) is 6.42. The van der Waals surface area contributed by atoms with Crippen LogP contribution in [0.1, 0.15) is 28.9 Å². The van der Waals surface area contributed by atoms with E-state index in [4.69, 9.17) is 0 Å². The van der Waals surface area contributed by atoms with Crippen LogP contribution in [0.25, 0.3) is 0 Å². The maximum atomic E-state index is 12.0. The molecule has 1 N–H and O–H groups in total. The SMILES string of the molecule is CCn1nccc1C(=O)NCCn1c(C)cnc1C. The number of imidazole rings is 1. The molecule has 6 heteroatoms. The van der Waals surface area contributed by atoms with Gasteiger partial charge in [0, 0.05) is 37.7 Å². The van der Waals surface area contributed by atoms with Crippen molar-refractivity contribution >= 4 is 5.91 Å². The van der Waals surface area contributed by atoms with Crippen LogP contribution in [0.2, 0.25) is 0 Å². The molecule has 0 unspecified atom stereocenters. The fourth-order valence-electron chi connectivity index (χ4n) is 2.07. The van der Waals surface area contributed by atoms with Gasteiger partial charge in [-0.3, -0.25) is 9.48 Å². The molecule has 2 rings (SSSR count). The number of carbonyl (C=O) groups excluding carboxylic acids is 1. The highest BCUT2D eigenvalue weighted by molar-refractivity contribution is 5.92. The van der Waals surface area contributed by atoms with Crippen molar-refractivity contribution in [2.75, 3.05) is 6.54 Å². The Balaban J connectivity index is 1.91. The van der Waals surface area contributed by atoms with Crippen LogP contribution in [0.4, 0.5) is 0 Å². The Labute approximate surface area is 112 Å². The van der Waals surface area contributed by atoms with Crippen LogP contribution in [0, 0.1) is 13.8 Å². The summed E-state index contributed by atoms with van der Waals surface area (Å²) in [4.78, 5) is 16.2. The van der Waals surface area contributed by atoms with Crippen molar-refractivity contribution in [3.8, 4) is 0 Å². The maximum Gasteiger partial charge on any atom is 0.269 e. The van der Waals surface area contributed by atoms with E-state index in [0.717, 1.165) is 18.1 Å². The fraction of sp³-hybridized carbons (Fsp3) is 0.462. The van der Waals surface area contributed by atoms with E-state index in [0.29, 0.717) is 18.8 Å². The fourth-order valence-corrected chi connectivity index (χ4v) is 2.07. The van der Waals surface area contributed by atoms with Gasteiger partial charge in [0.25, 0.3) is 5.91 Å². The normalized spacial score (nSPS) is 10.7. The first kappa shape index (κ1) is 13.3. The zero-order chi connectivity index (χ0) is 13.8. The third-order valence-electron chi connectivity index (χ3n) is 3.12. The van der Waals surface area contributed by atoms with Crippen LogP contribution < -0.4 is 5.32 Å². The number of rotatable bonds is 5. The smallest absolute Gasteiger partial charge is 0.269 e. The summed E-state index contributed by atoms with van der Waals surface area (Å²) in [6.45, 7) is 7.92. The summed E-state index contributed by atoms with van der Waals surface area (Å²) in [6, 6.07) is 1.73. The molecule has 19 heavy (non-hydrogen) atoms. The molecule has 6 nitrogen and oxygen atoms in total. The Morgan fingerprint density at radius 1 is 1.42 bits per heavy atom. The van der Waals surface area contributed by atoms with E-state index < -0.39 is 0 Å². The molecule has 1 amide bonds. The van der Waals surface area contributed by atoms with Gasteiger partial charge in [0.1, 0.15) is 11.5 Å². The van der Waals surface area contributed by atoms with Gasteiger partial charge in [0.2, 0.25) is 0 Å². The summed E-state index contributed by atoms with van der Waals surface area (Å²) in [5.41, 5.74) is 1.70. The molecule has 0 saturated carbocycles. The van der Waals surface area contributed by atoms with E-state index in [1.165, 1.54) is 0 Å². The average Bonchev–Trinajstić information content (AvgIpc) is 2.99. The number of aryl methyl sites for hydroxylation is 3. The third-order valence-corrected chi connectivity index (χ3v) is 3.12. The summed E-state index contributed by atoms with van der Waals surface area (Å²) >= 11 is 0. The summed E-state index contributed by atoms with van der Waals surface area (Å²) < 4.78 is 3.76. The zero-order valence-corrected chi connectivity index (χ0v) is 11.6. The molecule has 2 heterocycles. The molecule has 0 aliphatic carbocycles. The van der Waals surface area contributed by atoms with Crippen LogP contribution in [0.15, 0.2) is 18.5 Å². The molecule has 2 aromatic rings. The summed E-state index contributed by atoms with van der Waals surface area (Å²) in [7, 11) is 0. The molecule has 2 aromatic heterocycles. The third kappa shape index (κ3) is 2.83. The topological polar surface area (TPSA) is 64.7 Å². The Hall–Kier alpha value is -2.11. The number of nitrogens with one attached hydrogen (secondary N) is 1. The predicted molar refractivity (Wildman–Crippen MR) is 71.9 cm³/mol. The molecule has 0 spiro atoms. The Morgan fingerprint density at radius 3 is 2.84 bits per heavy atom. The number of hydrogen-bond donors (Lipinski definition) is 1. The van der Waals surface area contributed by atoms with E-state index in [1.807, 2.05) is 27.0 Å². The van der Waals surface area contributed by atoms with Crippen LogP contribution >= 0.6 is 0 Å². The molecule has 0 saturated heterocycles. The van der Waals surface area contributed by atoms with Gasteiger partial charge in [-0.2, -0.15) is 5.10 Å². The van der Waals surface area contributed by atoms with E-state index in [9.17, 15) is 4.79 Å². The molecule has 102 valence electrons. The largest absolute Gasteiger partial charge is 0.349 e. The van der Waals surface area contributed by atoms with Crippen LogP contribution in [0.3, 0.4) is 0 Å². The highest BCUT2D eigenvalue weighted by Crippen LogP contribution is 2.02. The Morgan fingerprint density at radius 2 is 2.21 bits per heavy atom. The molecule has 0 radical (unpaired) electrons. The van der Waals surface area contributed by atoms with Crippen molar-refractivity contribution in [3.05, 3.63) is 35.7 Å². The molecule has 0 aliphatic heterocycles. The number of aromatic nitrogens is 4. The quantitative estimate of drug-likeness (QED) is 0.878. The minimum Gasteiger partial charge on any atom is -0.349 e. The van der Waals surface area contributed by atoms with E-state index >= 15 is 0 Å². The standard InChI is InChI=1S/C13H19N5O/c1-4-18-12(5-6-16-18)13(19)14-7-8-17-10(2)9-15-11(17)3/h5-6,9H,4,7-8H2,1-3H3,(H,14,19). The number of carbonyl (C=O) groups is 1. The number of amides is 1. The average molecular weight is 261 g/mol. The molecular formula is C13H19N5O. The lowest BCUT2D eigenvalue weighted by atomic mass is 10.4. The molecule has 0 bridgehead atoms. The van der Waals surface area contributed by atoms with Crippen molar-refractivity contribution in [2.45, 2.75) is 33.9 Å². The van der Waals surface area contributed by atoms with Gasteiger partial charge in [-0.1, -0.05) is 0 Å². The summed E-state index contributed by atoms with van der Waals surface area (Å²) in [5, 5.41) is 6.99. The van der Waals surface area contributed by atoms with Crippen LogP contribution in [-0.2, 0) is 13.1 Å². The second-order valence-corrected chi connectivity index (χ2v) is 4.39. The molecule has 0 fully saturated rings. The maximum absolute atomic E-state index is 12.0. The van der Waals surface area contributed by atoms with Gasteiger partial charge >= 0.3 is 0 Å². The predicted octanol–water partition coefficient (Wildman–Crippen LogP) is 1.15. The van der Waals surface area contributed by atoms with Crippen molar-refractivity contribution in [1.82, 2.24) is 24.6 Å². The first-order valence-electron chi connectivity index (χ1n) is 6.42. The van der Waals surface area contributed by atoms with E-state index in [2.05, 4.69) is 20.0 Å². The zero-order valence-electron chi connectivity index (χ0n) is 11.6. The van der Waals surface area contributed by atoms with Crippen LogP contribution in [0.5, 0.6) is 0 Å². The van der Waals surface area contributed by atoms with Gasteiger partial charge < -0.3 is 9.88 Å². The molecule has 0 atom stereocenters. The number of hydrogen-bond acceptors (Lipinski definition) is 3. The van der Waals surface area contributed by atoms with Crippen molar-refractivity contribution in [1.29, 1.82) is 0 Å². The van der Waals surface area contributed by atoms with Crippen molar-refractivity contribution < 1.29 is 4.79 Å². The van der Waals surface area contributed by atoms with Gasteiger partial charge in [-0.05, 0) is 26.8 Å². The number of nitrogens with zero attached hydrogens (tertiary/aromatic N) is 4.